The Hall–Kier alpha value is -4.66. The van der Waals surface area contributed by atoms with Crippen LogP contribution in [-0.4, -0.2) is 40.4 Å². The van der Waals surface area contributed by atoms with Gasteiger partial charge in [-0.3, -0.25) is 14.4 Å². The molecule has 1 aliphatic rings. The number of imide groups is 1. The highest BCUT2D eigenvalue weighted by Gasteiger charge is 2.40. The molecule has 0 saturated carbocycles. The van der Waals surface area contributed by atoms with Crippen LogP contribution >= 0.6 is 27.7 Å². The molecule has 1 atom stereocenters. The number of hydrogen-bond acceptors (Lipinski definition) is 8. The Morgan fingerprint density at radius 2 is 1.64 bits per heavy atom. The fourth-order valence-corrected chi connectivity index (χ4v) is 5.54. The Morgan fingerprint density at radius 1 is 0.976 bits per heavy atom. The second-order valence-corrected chi connectivity index (χ2v) is 11.2. The molecule has 5 rings (SSSR count). The predicted octanol–water partition coefficient (Wildman–Crippen LogP) is 5.99. The van der Waals surface area contributed by atoms with Gasteiger partial charge in [0.25, 0.3) is 0 Å². The zero-order chi connectivity index (χ0) is 29.8. The van der Waals surface area contributed by atoms with Crippen molar-refractivity contribution in [3.63, 3.8) is 0 Å². The molecule has 1 unspecified atom stereocenters. The van der Waals surface area contributed by atoms with Crippen LogP contribution in [0.15, 0.2) is 94.4 Å². The molecule has 0 radical (unpaired) electrons. The molecule has 0 N–H and O–H groups in total. The number of ether oxygens (including phenoxy) is 1. The maximum absolute atomic E-state index is 13.3. The molecular formula is C31H19BrFN3O5S. The van der Waals surface area contributed by atoms with Crippen molar-refractivity contribution < 1.29 is 28.3 Å². The van der Waals surface area contributed by atoms with Gasteiger partial charge in [-0.1, -0.05) is 39.8 Å². The van der Waals surface area contributed by atoms with Crippen LogP contribution in [0.1, 0.15) is 32.7 Å². The van der Waals surface area contributed by atoms with E-state index < -0.39 is 35.5 Å². The maximum Gasteiger partial charge on any atom is 0.338 e. The Labute approximate surface area is 252 Å². The molecule has 2 amide bonds. The van der Waals surface area contributed by atoms with Crippen molar-refractivity contribution >= 4 is 56.9 Å². The highest BCUT2D eigenvalue weighted by atomic mass is 79.9. The van der Waals surface area contributed by atoms with E-state index in [2.05, 4.69) is 27.0 Å². The molecule has 2 heterocycles. The lowest BCUT2D eigenvalue weighted by molar-refractivity contribution is -0.121. The van der Waals surface area contributed by atoms with Crippen LogP contribution in [0.2, 0.25) is 0 Å². The number of ketones is 1. The first-order valence-corrected chi connectivity index (χ1v) is 14.2. The van der Waals surface area contributed by atoms with Crippen LogP contribution in [0.25, 0.3) is 11.3 Å². The van der Waals surface area contributed by atoms with E-state index in [1.54, 1.807) is 48.5 Å². The van der Waals surface area contributed by atoms with Gasteiger partial charge in [-0.25, -0.2) is 19.1 Å². The zero-order valence-electron chi connectivity index (χ0n) is 21.6. The number of thioether (sulfide) groups is 1. The summed E-state index contributed by atoms with van der Waals surface area (Å²) in [5.41, 5.74) is 2.18. The van der Waals surface area contributed by atoms with Crippen molar-refractivity contribution in [3.8, 4) is 17.3 Å². The molecule has 42 heavy (non-hydrogen) atoms. The summed E-state index contributed by atoms with van der Waals surface area (Å²) in [6.45, 7) is -0.439. The lowest BCUT2D eigenvalue weighted by Gasteiger charge is -2.15. The summed E-state index contributed by atoms with van der Waals surface area (Å²) in [6, 6.07) is 23.3. The molecule has 0 aliphatic carbocycles. The average Bonchev–Trinajstić information content (AvgIpc) is 3.28. The quantitative estimate of drug-likeness (QED) is 0.131. The largest absolute Gasteiger partial charge is 0.454 e. The lowest BCUT2D eigenvalue weighted by atomic mass is 10.1. The van der Waals surface area contributed by atoms with Gasteiger partial charge < -0.3 is 4.74 Å². The number of rotatable bonds is 8. The summed E-state index contributed by atoms with van der Waals surface area (Å²) < 4.78 is 19.3. The normalized spacial score (nSPS) is 14.5. The second-order valence-electron chi connectivity index (χ2n) is 9.10. The molecule has 1 saturated heterocycles. The van der Waals surface area contributed by atoms with Crippen LogP contribution in [-0.2, 0) is 14.3 Å². The van der Waals surface area contributed by atoms with Crippen LogP contribution in [0, 0.1) is 17.1 Å². The minimum absolute atomic E-state index is 0.112. The number of Topliss-reactive ketones (excluding diaryl/α,β-unsaturated/α-hetero) is 1. The summed E-state index contributed by atoms with van der Waals surface area (Å²) in [6.07, 6.45) is -0.112. The van der Waals surface area contributed by atoms with Gasteiger partial charge >= 0.3 is 5.97 Å². The van der Waals surface area contributed by atoms with Crippen molar-refractivity contribution in [3.05, 3.63) is 112 Å². The number of hydrogen-bond donors (Lipinski definition) is 0. The van der Waals surface area contributed by atoms with E-state index in [0.717, 1.165) is 21.1 Å². The first-order valence-electron chi connectivity index (χ1n) is 12.5. The van der Waals surface area contributed by atoms with E-state index in [1.165, 1.54) is 36.4 Å². The van der Waals surface area contributed by atoms with Gasteiger partial charge in [0, 0.05) is 22.0 Å². The monoisotopic (exact) mass is 643 g/mol. The molecule has 1 aromatic heterocycles. The fourth-order valence-electron chi connectivity index (χ4n) is 4.18. The van der Waals surface area contributed by atoms with Crippen LogP contribution in [0.5, 0.6) is 0 Å². The van der Waals surface area contributed by atoms with Crippen LogP contribution < -0.4 is 4.90 Å². The van der Waals surface area contributed by atoms with E-state index >= 15 is 0 Å². The summed E-state index contributed by atoms with van der Waals surface area (Å²) in [4.78, 5) is 56.4. The third-order valence-corrected chi connectivity index (χ3v) is 8.06. The van der Waals surface area contributed by atoms with Crippen LogP contribution in [0.3, 0.4) is 0 Å². The number of pyridine rings is 1. The van der Waals surface area contributed by atoms with Crippen molar-refractivity contribution in [2.24, 2.45) is 0 Å². The van der Waals surface area contributed by atoms with Crippen molar-refractivity contribution in [1.82, 2.24) is 4.98 Å². The molecule has 11 heteroatoms. The van der Waals surface area contributed by atoms with Gasteiger partial charge in [-0.2, -0.15) is 5.26 Å². The van der Waals surface area contributed by atoms with Gasteiger partial charge in [0.15, 0.2) is 12.4 Å². The smallest absolute Gasteiger partial charge is 0.338 e. The molecule has 1 aliphatic heterocycles. The Balaban J connectivity index is 1.26. The molecule has 8 nitrogen and oxygen atoms in total. The Bertz CT molecular complexity index is 1740. The minimum atomic E-state index is -0.824. The van der Waals surface area contributed by atoms with Gasteiger partial charge in [-0.15, -0.1) is 0 Å². The Kier molecular flexibility index (Phi) is 8.56. The number of esters is 1. The molecule has 4 aromatic rings. The van der Waals surface area contributed by atoms with Crippen molar-refractivity contribution in [1.29, 1.82) is 5.26 Å². The molecule has 1 fully saturated rings. The number of amides is 2. The van der Waals surface area contributed by atoms with Gasteiger partial charge in [-0.05, 0) is 72.8 Å². The maximum atomic E-state index is 13.3. The molecule has 208 valence electrons. The highest BCUT2D eigenvalue weighted by molar-refractivity contribution is 9.10. The number of aromatic nitrogens is 1. The van der Waals surface area contributed by atoms with E-state index in [0.29, 0.717) is 16.8 Å². The number of carbonyl (C=O) groups is 4. The highest BCUT2D eigenvalue weighted by Crippen LogP contribution is 2.35. The lowest BCUT2D eigenvalue weighted by Crippen LogP contribution is -2.31. The van der Waals surface area contributed by atoms with E-state index in [-0.39, 0.29) is 34.0 Å². The minimum Gasteiger partial charge on any atom is -0.454 e. The number of anilines is 1. The summed E-state index contributed by atoms with van der Waals surface area (Å²) in [5.74, 6) is -2.41. The zero-order valence-corrected chi connectivity index (χ0v) is 24.0. The van der Waals surface area contributed by atoms with Gasteiger partial charge in [0.1, 0.15) is 16.9 Å². The van der Waals surface area contributed by atoms with Crippen molar-refractivity contribution in [2.75, 3.05) is 11.5 Å². The third-order valence-electron chi connectivity index (χ3n) is 6.34. The summed E-state index contributed by atoms with van der Waals surface area (Å²) in [7, 11) is 0. The molecule has 3 aromatic carbocycles. The number of halogens is 2. The first kappa shape index (κ1) is 28.9. The number of benzene rings is 3. The van der Waals surface area contributed by atoms with E-state index in [1.807, 2.05) is 0 Å². The third kappa shape index (κ3) is 6.30. The molecular weight excluding hydrogens is 625 g/mol. The van der Waals surface area contributed by atoms with Gasteiger partial charge in [0.2, 0.25) is 11.8 Å². The number of carbonyl (C=O) groups excluding carboxylic acids is 4. The average molecular weight is 644 g/mol. The predicted molar refractivity (Wildman–Crippen MR) is 156 cm³/mol. The fraction of sp³-hybridized carbons (Fsp3) is 0.0968. The molecule has 0 bridgehead atoms. The topological polar surface area (TPSA) is 117 Å². The number of nitriles is 1. The molecule has 0 spiro atoms. The Morgan fingerprint density at radius 3 is 2.31 bits per heavy atom. The summed E-state index contributed by atoms with van der Waals surface area (Å²) >= 11 is 4.31. The first-order chi connectivity index (χ1) is 20.2. The second kappa shape index (κ2) is 12.5. The van der Waals surface area contributed by atoms with E-state index in [9.17, 15) is 28.8 Å². The van der Waals surface area contributed by atoms with Crippen LogP contribution in [0.4, 0.5) is 10.1 Å². The van der Waals surface area contributed by atoms with E-state index in [4.69, 9.17) is 4.74 Å². The van der Waals surface area contributed by atoms with Crippen molar-refractivity contribution in [2.45, 2.75) is 16.7 Å². The SMILES string of the molecule is N#Cc1ccc(-c2ccc(F)cc2)nc1SC1CC(=O)N(c2ccc(C(=O)OCC(=O)c3ccc(Br)cc3)cc2)C1=O. The van der Waals surface area contributed by atoms with Gasteiger partial charge in [0.05, 0.1) is 27.8 Å². The number of nitrogens with zero attached hydrogens (tertiary/aromatic N) is 3. The summed E-state index contributed by atoms with van der Waals surface area (Å²) in [5, 5.41) is 9.03. The standard InChI is InChI=1S/C31H19BrFN3O5S/c32-22-8-1-19(2-9-22)26(37)17-41-31(40)20-5-12-24(13-6-20)36-28(38)15-27(30(36)39)42-29-21(16-34)7-14-25(35-29)18-3-10-23(33)11-4-18/h1-14,27H,15,17H2.